The van der Waals surface area contributed by atoms with Crippen LogP contribution in [-0.2, 0) is 20.6 Å². The van der Waals surface area contributed by atoms with Crippen molar-refractivity contribution in [1.29, 1.82) is 0 Å². The zero-order chi connectivity index (χ0) is 14.9. The van der Waals surface area contributed by atoms with Gasteiger partial charge in [0, 0.05) is 6.16 Å². The summed E-state index contributed by atoms with van der Waals surface area (Å²) < 4.78 is 12.3. The summed E-state index contributed by atoms with van der Waals surface area (Å²) in [5.41, 5.74) is 0.348. The molecule has 0 radical (unpaired) electrons. The van der Waals surface area contributed by atoms with E-state index in [2.05, 4.69) is 0 Å². The van der Waals surface area contributed by atoms with Gasteiger partial charge in [0.05, 0.1) is 18.0 Å². The summed E-state index contributed by atoms with van der Waals surface area (Å²) in [7, 11) is -3.85. The van der Waals surface area contributed by atoms with Crippen molar-refractivity contribution in [3.05, 3.63) is 35.4 Å². The normalized spacial score (nSPS) is 23.9. The van der Waals surface area contributed by atoms with Crippen LogP contribution >= 0.6 is 7.37 Å². The van der Waals surface area contributed by atoms with E-state index < -0.39 is 43.5 Å². The molecule has 1 unspecified atom stereocenters. The molecule has 0 spiro atoms. The van der Waals surface area contributed by atoms with Crippen molar-refractivity contribution in [2.45, 2.75) is 24.4 Å². The zero-order valence-electron chi connectivity index (χ0n) is 10.6. The number of rotatable bonds is 5. The molecule has 1 aromatic rings. The third-order valence-electron chi connectivity index (χ3n) is 3.63. The van der Waals surface area contributed by atoms with Crippen LogP contribution in [0.2, 0.25) is 0 Å². The van der Waals surface area contributed by atoms with Gasteiger partial charge in [-0.15, -0.1) is 0 Å². The largest absolute Gasteiger partial charge is 0.481 e. The highest BCUT2D eigenvalue weighted by molar-refractivity contribution is 7.58. The second-order valence-electron chi connectivity index (χ2n) is 4.91. The fourth-order valence-electron chi connectivity index (χ4n) is 2.67. The van der Waals surface area contributed by atoms with E-state index in [1.165, 1.54) is 0 Å². The van der Waals surface area contributed by atoms with Crippen molar-refractivity contribution in [2.24, 2.45) is 0 Å². The fraction of sp³-hybridized carbons (Fsp3) is 0.385. The van der Waals surface area contributed by atoms with Gasteiger partial charge in [-0.2, -0.15) is 0 Å². The van der Waals surface area contributed by atoms with E-state index in [0.717, 1.165) is 5.56 Å². The van der Waals surface area contributed by atoms with Gasteiger partial charge in [-0.25, -0.2) is 0 Å². The Morgan fingerprint density at radius 3 is 2.50 bits per heavy atom. The Hall–Kier alpha value is -1.65. The molecule has 108 valence electrons. The summed E-state index contributed by atoms with van der Waals surface area (Å²) in [6.45, 7) is 0. The van der Waals surface area contributed by atoms with Gasteiger partial charge < -0.3 is 15.1 Å². The lowest BCUT2D eigenvalue weighted by Gasteiger charge is -2.22. The summed E-state index contributed by atoms with van der Waals surface area (Å²) in [6, 6.07) is 6.82. The van der Waals surface area contributed by atoms with Crippen molar-refractivity contribution in [3.63, 3.8) is 0 Å². The molecule has 0 bridgehead atoms. The molecular formula is C13H15O6P. The zero-order valence-corrected chi connectivity index (χ0v) is 11.5. The lowest BCUT2D eigenvalue weighted by atomic mass is 10.0. The maximum Gasteiger partial charge on any atom is 0.311 e. The van der Waals surface area contributed by atoms with E-state index in [9.17, 15) is 24.2 Å². The van der Waals surface area contributed by atoms with Gasteiger partial charge in [-0.3, -0.25) is 14.2 Å². The van der Waals surface area contributed by atoms with Crippen LogP contribution in [0.15, 0.2) is 24.3 Å². The first-order valence-corrected chi connectivity index (χ1v) is 8.08. The van der Waals surface area contributed by atoms with Gasteiger partial charge in [-0.1, -0.05) is 24.3 Å². The number of aliphatic carboxylic acids is 2. The molecule has 3 N–H and O–H groups in total. The van der Waals surface area contributed by atoms with Crippen LogP contribution in [0.25, 0.3) is 0 Å². The van der Waals surface area contributed by atoms with Crippen LogP contribution in [0.5, 0.6) is 0 Å². The molecular weight excluding hydrogens is 283 g/mol. The number of carbonyl (C=O) groups is 2. The van der Waals surface area contributed by atoms with Crippen molar-refractivity contribution in [3.8, 4) is 0 Å². The fourth-order valence-corrected chi connectivity index (χ4v) is 4.75. The van der Waals surface area contributed by atoms with Gasteiger partial charge in [0.15, 0.2) is 0 Å². The Morgan fingerprint density at radius 1 is 1.25 bits per heavy atom. The maximum atomic E-state index is 12.3. The van der Waals surface area contributed by atoms with Crippen LogP contribution < -0.4 is 0 Å². The number of hydrogen-bond donors (Lipinski definition) is 3. The maximum absolute atomic E-state index is 12.3. The lowest BCUT2D eigenvalue weighted by Crippen LogP contribution is -2.24. The summed E-state index contributed by atoms with van der Waals surface area (Å²) in [5.74, 6) is -3.36. The Kier molecular flexibility index (Phi) is 3.97. The van der Waals surface area contributed by atoms with Crippen LogP contribution in [0, 0.1) is 0 Å². The molecule has 1 aliphatic rings. The molecule has 7 heteroatoms. The second kappa shape index (κ2) is 5.38. The Morgan fingerprint density at radius 2 is 1.90 bits per heavy atom. The standard InChI is InChI=1S/C13H15O6P/c14-11(15)5-6-20(18,19)10-7-8-3-1-2-4-9(8)12(10)13(16)17/h1-4,10,12H,5-7H2,(H,14,15)(H,16,17)(H,18,19)/t10-,12-/m0/s1. The first-order chi connectivity index (χ1) is 9.33. The first-order valence-electron chi connectivity index (χ1n) is 6.17. The molecule has 0 aromatic heterocycles. The molecule has 0 amide bonds. The molecule has 0 saturated heterocycles. The number of benzene rings is 1. The summed E-state index contributed by atoms with van der Waals surface area (Å²) in [5, 5.41) is 17.9. The van der Waals surface area contributed by atoms with E-state index in [1.54, 1.807) is 24.3 Å². The van der Waals surface area contributed by atoms with Gasteiger partial charge in [0.2, 0.25) is 7.37 Å². The Balaban J connectivity index is 2.31. The topological polar surface area (TPSA) is 112 Å². The molecule has 0 heterocycles. The van der Waals surface area contributed by atoms with E-state index >= 15 is 0 Å². The Labute approximate surface area is 115 Å². The van der Waals surface area contributed by atoms with Crippen LogP contribution in [0.4, 0.5) is 0 Å². The smallest absolute Gasteiger partial charge is 0.311 e. The van der Waals surface area contributed by atoms with E-state index in [-0.39, 0.29) is 6.42 Å². The highest BCUT2D eigenvalue weighted by atomic mass is 31.2. The first kappa shape index (κ1) is 14.8. The highest BCUT2D eigenvalue weighted by Gasteiger charge is 2.46. The molecule has 20 heavy (non-hydrogen) atoms. The minimum atomic E-state index is -3.85. The average molecular weight is 298 g/mol. The molecule has 0 fully saturated rings. The predicted molar refractivity (Wildman–Crippen MR) is 71.3 cm³/mol. The van der Waals surface area contributed by atoms with Gasteiger partial charge in [0.1, 0.15) is 0 Å². The molecule has 0 saturated carbocycles. The van der Waals surface area contributed by atoms with Crippen LogP contribution in [-0.4, -0.2) is 38.9 Å². The minimum absolute atomic E-state index is 0.195. The molecule has 3 atom stereocenters. The number of fused-ring (bicyclic) bond motifs is 1. The third-order valence-corrected chi connectivity index (χ3v) is 6.02. The van der Waals surface area contributed by atoms with Crippen molar-refractivity contribution in [1.82, 2.24) is 0 Å². The van der Waals surface area contributed by atoms with E-state index in [4.69, 9.17) is 5.11 Å². The number of carboxylic acids is 2. The van der Waals surface area contributed by atoms with Crippen LogP contribution in [0.1, 0.15) is 23.5 Å². The van der Waals surface area contributed by atoms with Crippen molar-refractivity contribution in [2.75, 3.05) is 6.16 Å². The summed E-state index contributed by atoms with van der Waals surface area (Å²) >= 11 is 0. The second-order valence-corrected chi connectivity index (χ2v) is 7.53. The molecule has 6 nitrogen and oxygen atoms in total. The molecule has 1 aromatic carbocycles. The molecule has 1 aliphatic carbocycles. The third kappa shape index (κ3) is 2.76. The SMILES string of the molecule is O=C(O)CCP(=O)(O)[C@H]1Cc2ccccc2[C@@H]1C(=O)O. The van der Waals surface area contributed by atoms with Crippen molar-refractivity contribution >= 4 is 19.3 Å². The van der Waals surface area contributed by atoms with E-state index in [0.29, 0.717) is 5.56 Å². The minimum Gasteiger partial charge on any atom is -0.481 e. The summed E-state index contributed by atoms with van der Waals surface area (Å²) in [4.78, 5) is 32.0. The predicted octanol–water partition coefficient (Wildman–Crippen LogP) is 1.52. The molecule has 0 aliphatic heterocycles. The monoisotopic (exact) mass is 298 g/mol. The molecule has 2 rings (SSSR count). The summed E-state index contributed by atoms with van der Waals surface area (Å²) in [6.07, 6.45) is -0.641. The Bertz CT molecular complexity index is 596. The van der Waals surface area contributed by atoms with Gasteiger partial charge >= 0.3 is 11.9 Å². The van der Waals surface area contributed by atoms with E-state index in [1.807, 2.05) is 0 Å². The number of carboxylic acid groups (broad SMARTS) is 2. The van der Waals surface area contributed by atoms with Crippen molar-refractivity contribution < 1.29 is 29.3 Å². The van der Waals surface area contributed by atoms with Gasteiger partial charge in [0.25, 0.3) is 0 Å². The quantitative estimate of drug-likeness (QED) is 0.711. The average Bonchev–Trinajstić information content (AvgIpc) is 2.76. The lowest BCUT2D eigenvalue weighted by molar-refractivity contribution is -0.138. The number of hydrogen-bond acceptors (Lipinski definition) is 3. The van der Waals surface area contributed by atoms with Crippen LogP contribution in [0.3, 0.4) is 0 Å². The van der Waals surface area contributed by atoms with Gasteiger partial charge in [-0.05, 0) is 17.5 Å². The highest BCUT2D eigenvalue weighted by Crippen LogP contribution is 2.57.